The van der Waals surface area contributed by atoms with E-state index in [4.69, 9.17) is 9.84 Å². The van der Waals surface area contributed by atoms with E-state index in [1.807, 2.05) is 31.2 Å². The maximum atomic E-state index is 11.8. The predicted octanol–water partition coefficient (Wildman–Crippen LogP) is 1.73. The van der Waals surface area contributed by atoms with Crippen molar-refractivity contribution in [1.82, 2.24) is 4.90 Å². The van der Waals surface area contributed by atoms with Gasteiger partial charge in [-0.05, 0) is 23.6 Å². The van der Waals surface area contributed by atoms with Crippen molar-refractivity contribution in [2.75, 3.05) is 20.7 Å². The number of hydrogen-bond donors (Lipinski definition) is 1. The third-order valence-corrected chi connectivity index (χ3v) is 2.94. The van der Waals surface area contributed by atoms with Crippen LogP contribution in [0.3, 0.4) is 0 Å². The molecule has 0 aliphatic heterocycles. The molecule has 1 aromatic carbocycles. The molecule has 5 nitrogen and oxygen atoms in total. The quantitative estimate of drug-likeness (QED) is 0.850. The minimum atomic E-state index is -1.01. The molecule has 1 unspecified atom stereocenters. The van der Waals surface area contributed by atoms with Gasteiger partial charge >= 0.3 is 5.97 Å². The first kappa shape index (κ1) is 15.0. The Kier molecular flexibility index (Phi) is 5.36. The molecule has 0 aliphatic rings. The lowest BCUT2D eigenvalue weighted by molar-refractivity contribution is -0.143. The van der Waals surface area contributed by atoms with Gasteiger partial charge in [-0.15, -0.1) is 0 Å². The normalized spacial score (nSPS) is 11.7. The molecular weight excluding hydrogens is 246 g/mol. The average Bonchev–Trinajstić information content (AvgIpc) is 2.37. The largest absolute Gasteiger partial charge is 0.497 e. The molecule has 5 heteroatoms. The van der Waals surface area contributed by atoms with Crippen molar-refractivity contribution >= 4 is 11.9 Å². The van der Waals surface area contributed by atoms with Gasteiger partial charge < -0.3 is 14.7 Å². The van der Waals surface area contributed by atoms with Crippen LogP contribution < -0.4 is 4.74 Å². The molecule has 0 heterocycles. The fourth-order valence-electron chi connectivity index (χ4n) is 1.77. The molecule has 104 valence electrons. The number of aliphatic carboxylic acids is 1. The molecule has 1 atom stereocenters. The Morgan fingerprint density at radius 1 is 1.42 bits per heavy atom. The summed E-state index contributed by atoms with van der Waals surface area (Å²) in [5, 5.41) is 8.64. The summed E-state index contributed by atoms with van der Waals surface area (Å²) in [6.07, 6.45) is 0.275. The molecule has 0 spiro atoms. The standard InChI is InChI=1S/C14H19NO4/c1-10(7-13(16)15(2)9-14(17)18)11-5-4-6-12(8-11)19-3/h4-6,8,10H,7,9H2,1-3H3,(H,17,18). The van der Waals surface area contributed by atoms with E-state index in [-0.39, 0.29) is 24.8 Å². The number of methoxy groups -OCH3 is 1. The van der Waals surface area contributed by atoms with Crippen LogP contribution in [0, 0.1) is 0 Å². The van der Waals surface area contributed by atoms with E-state index in [1.165, 1.54) is 11.9 Å². The number of carbonyl (C=O) groups is 2. The van der Waals surface area contributed by atoms with E-state index in [9.17, 15) is 9.59 Å². The Morgan fingerprint density at radius 3 is 2.68 bits per heavy atom. The summed E-state index contributed by atoms with van der Waals surface area (Å²) in [5.41, 5.74) is 0.997. The monoisotopic (exact) mass is 265 g/mol. The number of ether oxygens (including phenoxy) is 1. The highest BCUT2D eigenvalue weighted by atomic mass is 16.5. The SMILES string of the molecule is COc1cccc(C(C)CC(=O)N(C)CC(=O)O)c1. The molecule has 1 amide bonds. The first-order valence-electron chi connectivity index (χ1n) is 6.03. The maximum Gasteiger partial charge on any atom is 0.323 e. The molecule has 19 heavy (non-hydrogen) atoms. The molecule has 1 rings (SSSR count). The van der Waals surface area contributed by atoms with Crippen LogP contribution in [-0.2, 0) is 9.59 Å². The maximum absolute atomic E-state index is 11.8. The zero-order valence-corrected chi connectivity index (χ0v) is 11.4. The van der Waals surface area contributed by atoms with Crippen molar-refractivity contribution in [3.63, 3.8) is 0 Å². The van der Waals surface area contributed by atoms with Crippen LogP contribution in [0.5, 0.6) is 5.75 Å². The van der Waals surface area contributed by atoms with Crippen molar-refractivity contribution < 1.29 is 19.4 Å². The van der Waals surface area contributed by atoms with Crippen LogP contribution in [-0.4, -0.2) is 42.6 Å². The number of rotatable bonds is 6. The first-order valence-corrected chi connectivity index (χ1v) is 6.03. The Morgan fingerprint density at radius 2 is 2.11 bits per heavy atom. The smallest absolute Gasteiger partial charge is 0.323 e. The van der Waals surface area contributed by atoms with Gasteiger partial charge in [-0.2, -0.15) is 0 Å². The summed E-state index contributed by atoms with van der Waals surface area (Å²) in [6, 6.07) is 7.53. The van der Waals surface area contributed by atoms with Crippen LogP contribution in [0.2, 0.25) is 0 Å². The summed E-state index contributed by atoms with van der Waals surface area (Å²) in [7, 11) is 3.09. The van der Waals surface area contributed by atoms with Crippen LogP contribution in [0.4, 0.5) is 0 Å². The second kappa shape index (κ2) is 6.78. The molecule has 0 radical (unpaired) electrons. The van der Waals surface area contributed by atoms with Gasteiger partial charge in [0.15, 0.2) is 0 Å². The molecule has 0 saturated carbocycles. The zero-order chi connectivity index (χ0) is 14.4. The average molecular weight is 265 g/mol. The van der Waals surface area contributed by atoms with Gasteiger partial charge in [-0.25, -0.2) is 0 Å². The molecule has 1 aromatic rings. The molecule has 0 saturated heterocycles. The van der Waals surface area contributed by atoms with E-state index in [0.717, 1.165) is 11.3 Å². The molecule has 1 N–H and O–H groups in total. The highest BCUT2D eigenvalue weighted by Crippen LogP contribution is 2.23. The Hall–Kier alpha value is -2.04. The van der Waals surface area contributed by atoms with Crippen LogP contribution in [0.1, 0.15) is 24.8 Å². The van der Waals surface area contributed by atoms with E-state index in [0.29, 0.717) is 0 Å². The van der Waals surface area contributed by atoms with Gasteiger partial charge in [-0.1, -0.05) is 19.1 Å². The number of likely N-dealkylation sites (N-methyl/N-ethyl adjacent to an activating group) is 1. The summed E-state index contributed by atoms with van der Waals surface area (Å²) in [6.45, 7) is 1.66. The summed E-state index contributed by atoms with van der Waals surface area (Å²) < 4.78 is 5.14. The molecule has 0 fully saturated rings. The summed E-state index contributed by atoms with van der Waals surface area (Å²) in [5.74, 6) is -0.433. The fourth-order valence-corrected chi connectivity index (χ4v) is 1.77. The lowest BCUT2D eigenvalue weighted by Crippen LogP contribution is -2.32. The number of amides is 1. The predicted molar refractivity (Wildman–Crippen MR) is 71.3 cm³/mol. The van der Waals surface area contributed by atoms with Gasteiger partial charge in [0.25, 0.3) is 0 Å². The first-order chi connectivity index (χ1) is 8.93. The van der Waals surface area contributed by atoms with E-state index >= 15 is 0 Å². The minimum absolute atomic E-state index is 0.0128. The van der Waals surface area contributed by atoms with Gasteiger partial charge in [0.1, 0.15) is 12.3 Å². The number of hydrogen-bond acceptors (Lipinski definition) is 3. The summed E-state index contributed by atoms with van der Waals surface area (Å²) >= 11 is 0. The van der Waals surface area contributed by atoms with Crippen LogP contribution >= 0.6 is 0 Å². The number of nitrogens with zero attached hydrogens (tertiary/aromatic N) is 1. The van der Waals surface area contributed by atoms with Crippen molar-refractivity contribution in [3.05, 3.63) is 29.8 Å². The second-order valence-corrected chi connectivity index (χ2v) is 4.53. The second-order valence-electron chi connectivity index (χ2n) is 4.53. The third-order valence-electron chi connectivity index (χ3n) is 2.94. The van der Waals surface area contributed by atoms with Crippen molar-refractivity contribution in [3.8, 4) is 5.75 Å². The molecular formula is C14H19NO4. The van der Waals surface area contributed by atoms with Crippen LogP contribution in [0.25, 0.3) is 0 Å². The Labute approximate surface area is 112 Å². The lowest BCUT2D eigenvalue weighted by Gasteiger charge is -2.18. The topological polar surface area (TPSA) is 66.8 Å². The number of carboxylic acid groups (broad SMARTS) is 1. The fraction of sp³-hybridized carbons (Fsp3) is 0.429. The van der Waals surface area contributed by atoms with Crippen molar-refractivity contribution in [1.29, 1.82) is 0 Å². The highest BCUT2D eigenvalue weighted by molar-refractivity contribution is 5.81. The molecule has 0 aromatic heterocycles. The highest BCUT2D eigenvalue weighted by Gasteiger charge is 2.16. The van der Waals surface area contributed by atoms with E-state index < -0.39 is 5.97 Å². The molecule has 0 bridgehead atoms. The van der Waals surface area contributed by atoms with E-state index in [1.54, 1.807) is 7.11 Å². The Bertz CT molecular complexity index is 459. The van der Waals surface area contributed by atoms with Gasteiger partial charge in [0, 0.05) is 13.5 Å². The Balaban J connectivity index is 2.65. The van der Waals surface area contributed by atoms with Gasteiger partial charge in [-0.3, -0.25) is 9.59 Å². The number of carbonyl (C=O) groups excluding carboxylic acids is 1. The number of benzene rings is 1. The van der Waals surface area contributed by atoms with Gasteiger partial charge in [0.05, 0.1) is 7.11 Å². The number of carboxylic acids is 1. The van der Waals surface area contributed by atoms with Gasteiger partial charge in [0.2, 0.25) is 5.91 Å². The molecule has 0 aliphatic carbocycles. The third kappa shape index (κ3) is 4.62. The van der Waals surface area contributed by atoms with Crippen LogP contribution in [0.15, 0.2) is 24.3 Å². The zero-order valence-electron chi connectivity index (χ0n) is 11.4. The van der Waals surface area contributed by atoms with E-state index in [2.05, 4.69) is 0 Å². The lowest BCUT2D eigenvalue weighted by atomic mass is 9.97. The summed E-state index contributed by atoms with van der Waals surface area (Å²) in [4.78, 5) is 23.6. The van der Waals surface area contributed by atoms with Crippen molar-refractivity contribution in [2.45, 2.75) is 19.3 Å². The minimum Gasteiger partial charge on any atom is -0.497 e. The van der Waals surface area contributed by atoms with Crippen molar-refractivity contribution in [2.24, 2.45) is 0 Å².